The Kier molecular flexibility index (Phi) is 4.79. The van der Waals surface area contributed by atoms with E-state index in [-0.39, 0.29) is 23.2 Å². The molecule has 0 spiro atoms. The molecule has 0 radical (unpaired) electrons. The predicted molar refractivity (Wildman–Crippen MR) is 96.0 cm³/mol. The minimum Gasteiger partial charge on any atom is -0.550 e. The van der Waals surface area contributed by atoms with E-state index in [4.69, 9.17) is 15.2 Å². The molecule has 2 aromatic heterocycles. The van der Waals surface area contributed by atoms with Crippen LogP contribution in [0.25, 0.3) is 10.3 Å². The summed E-state index contributed by atoms with van der Waals surface area (Å²) in [4.78, 5) is 43.1. The first kappa shape index (κ1) is 18.8. The molecule has 1 aliphatic carbocycles. The van der Waals surface area contributed by atoms with Gasteiger partial charge >= 0.3 is 10.8 Å². The van der Waals surface area contributed by atoms with E-state index in [0.29, 0.717) is 16.8 Å². The van der Waals surface area contributed by atoms with Gasteiger partial charge in [0.05, 0.1) is 17.0 Å². The van der Waals surface area contributed by atoms with Gasteiger partial charge in [-0.3, -0.25) is 14.2 Å². The molecule has 1 unspecified atom stereocenters. The highest BCUT2D eigenvalue weighted by Crippen LogP contribution is 2.45. The summed E-state index contributed by atoms with van der Waals surface area (Å²) in [5.41, 5.74) is 5.96. The first-order valence-electron chi connectivity index (χ1n) is 8.99. The third kappa shape index (κ3) is 3.59. The molecule has 11 heteroatoms. The zero-order valence-corrected chi connectivity index (χ0v) is 15.9. The van der Waals surface area contributed by atoms with Crippen LogP contribution in [-0.4, -0.2) is 38.7 Å². The molecule has 0 aromatic carbocycles. The average Bonchev–Trinajstić information content (AvgIpc) is 3.29. The number of carbonyl (C=O) groups is 2. The molecule has 0 bridgehead atoms. The van der Waals surface area contributed by atoms with Crippen molar-refractivity contribution >= 4 is 39.6 Å². The number of carboxylic acid groups (broad SMARTS) is 1. The Morgan fingerprint density at radius 2 is 2.25 bits per heavy atom. The summed E-state index contributed by atoms with van der Waals surface area (Å²) in [7, 11) is 0. The number of nitrogen functional groups attached to an aromatic ring is 1. The number of anilines is 1. The monoisotopic (exact) mass is 407 g/mol. The van der Waals surface area contributed by atoms with Crippen LogP contribution in [0, 0.1) is 11.8 Å². The Morgan fingerprint density at radius 3 is 2.89 bits per heavy atom. The molecular weight excluding hydrogens is 388 g/mol. The molecule has 2 aromatic rings. The number of aliphatic carboxylic acids is 1. The lowest BCUT2D eigenvalue weighted by atomic mass is 9.95. The van der Waals surface area contributed by atoms with Gasteiger partial charge in [-0.05, 0) is 31.6 Å². The summed E-state index contributed by atoms with van der Waals surface area (Å²) < 4.78 is 13.4. The number of carboxylic acids is 1. The van der Waals surface area contributed by atoms with Crippen LogP contribution in [0.2, 0.25) is 0 Å². The van der Waals surface area contributed by atoms with Gasteiger partial charge in [0.15, 0.2) is 5.65 Å². The Labute approximate surface area is 163 Å². The predicted octanol–water partition coefficient (Wildman–Crippen LogP) is -0.179. The summed E-state index contributed by atoms with van der Waals surface area (Å²) in [5, 5.41) is 11.3. The Hall–Kier alpha value is -2.53. The molecular formula is C17H19N4O6S-. The van der Waals surface area contributed by atoms with Gasteiger partial charge in [0, 0.05) is 18.8 Å². The van der Waals surface area contributed by atoms with E-state index in [1.165, 1.54) is 17.7 Å². The third-order valence-electron chi connectivity index (χ3n) is 5.07. The van der Waals surface area contributed by atoms with Crippen LogP contribution in [0.4, 0.5) is 5.95 Å². The standard InChI is InChI=1S/C17H20N4O6S/c1-7(22)26-13(8-2-3-8)10-4-9(5-12(23)24)15(27-10)21-14-11(28-17(21)25)6-19-16(18)20-14/h6,8-10,13,15H,2-5H2,1H3,(H,23,24)(H2,18,19,20)/p-1/t9-,10+,13?,15-/m1/s1. The fraction of sp³-hybridized carbons (Fsp3) is 0.588. The second-order valence-electron chi connectivity index (χ2n) is 7.20. The number of aromatic nitrogens is 3. The van der Waals surface area contributed by atoms with Crippen molar-refractivity contribution in [2.75, 3.05) is 5.73 Å². The van der Waals surface area contributed by atoms with Gasteiger partial charge in [0.2, 0.25) is 5.95 Å². The molecule has 28 heavy (non-hydrogen) atoms. The normalized spacial score (nSPS) is 25.7. The quantitative estimate of drug-likeness (QED) is 0.643. The minimum atomic E-state index is -1.24. The first-order valence-corrected chi connectivity index (χ1v) is 9.81. The van der Waals surface area contributed by atoms with Gasteiger partial charge in [0.25, 0.3) is 0 Å². The molecule has 10 nitrogen and oxygen atoms in total. The van der Waals surface area contributed by atoms with Crippen molar-refractivity contribution in [3.8, 4) is 0 Å². The van der Waals surface area contributed by atoms with Crippen molar-refractivity contribution < 1.29 is 24.2 Å². The highest BCUT2D eigenvalue weighted by Gasteiger charge is 2.47. The minimum absolute atomic E-state index is 0.000758. The number of nitrogens with zero attached hydrogens (tertiary/aromatic N) is 3. The van der Waals surface area contributed by atoms with Crippen molar-refractivity contribution in [2.24, 2.45) is 11.8 Å². The third-order valence-corrected chi connectivity index (χ3v) is 5.95. The second-order valence-corrected chi connectivity index (χ2v) is 8.20. The molecule has 4 rings (SSSR count). The van der Waals surface area contributed by atoms with Gasteiger partial charge in [-0.2, -0.15) is 4.98 Å². The Bertz CT molecular complexity index is 984. The highest BCUT2D eigenvalue weighted by atomic mass is 32.1. The summed E-state index contributed by atoms with van der Waals surface area (Å²) in [6.45, 7) is 1.33. The number of ether oxygens (including phenoxy) is 2. The molecule has 1 saturated carbocycles. The number of fused-ring (bicyclic) bond motifs is 1. The number of rotatable bonds is 6. The molecule has 2 fully saturated rings. The van der Waals surface area contributed by atoms with E-state index in [1.807, 2.05) is 0 Å². The number of thiazole rings is 1. The number of carbonyl (C=O) groups excluding carboxylic acids is 2. The number of nitrogens with two attached hydrogens (primary N) is 1. The molecule has 1 saturated heterocycles. The first-order chi connectivity index (χ1) is 13.3. The second kappa shape index (κ2) is 7.13. The van der Waals surface area contributed by atoms with E-state index in [9.17, 15) is 19.5 Å². The summed E-state index contributed by atoms with van der Waals surface area (Å²) in [6.07, 6.45) is 1.48. The van der Waals surface area contributed by atoms with Crippen LogP contribution in [0.15, 0.2) is 11.0 Å². The van der Waals surface area contributed by atoms with Crippen LogP contribution >= 0.6 is 11.3 Å². The zero-order valence-electron chi connectivity index (χ0n) is 15.1. The molecule has 1 aliphatic heterocycles. The lowest BCUT2D eigenvalue weighted by Crippen LogP contribution is -2.33. The van der Waals surface area contributed by atoms with Gasteiger partial charge in [-0.25, -0.2) is 4.98 Å². The fourth-order valence-electron chi connectivity index (χ4n) is 3.81. The topological polar surface area (TPSA) is 149 Å². The van der Waals surface area contributed by atoms with Gasteiger partial charge < -0.3 is 25.1 Å². The van der Waals surface area contributed by atoms with Crippen LogP contribution in [0.1, 0.15) is 38.8 Å². The lowest BCUT2D eigenvalue weighted by Gasteiger charge is -2.23. The van der Waals surface area contributed by atoms with E-state index in [2.05, 4.69) is 9.97 Å². The van der Waals surface area contributed by atoms with E-state index < -0.39 is 36.3 Å². The van der Waals surface area contributed by atoms with Crippen LogP contribution in [0.3, 0.4) is 0 Å². The summed E-state index contributed by atoms with van der Waals surface area (Å²) in [6, 6.07) is 0. The molecule has 2 N–H and O–H groups in total. The van der Waals surface area contributed by atoms with E-state index in [1.54, 1.807) is 0 Å². The fourth-order valence-corrected chi connectivity index (χ4v) is 4.63. The molecule has 0 amide bonds. The van der Waals surface area contributed by atoms with Crippen LogP contribution in [-0.2, 0) is 19.1 Å². The van der Waals surface area contributed by atoms with Gasteiger partial charge in [-0.15, -0.1) is 0 Å². The van der Waals surface area contributed by atoms with Crippen molar-refractivity contribution in [3.05, 3.63) is 15.9 Å². The maximum absolute atomic E-state index is 12.6. The van der Waals surface area contributed by atoms with Crippen molar-refractivity contribution in [2.45, 2.75) is 51.0 Å². The number of hydrogen-bond donors (Lipinski definition) is 1. The Morgan fingerprint density at radius 1 is 1.50 bits per heavy atom. The number of esters is 1. The van der Waals surface area contributed by atoms with Crippen molar-refractivity contribution in [1.29, 1.82) is 0 Å². The number of hydrogen-bond acceptors (Lipinski definition) is 10. The SMILES string of the molecule is CC(=O)OC(C1CC1)[C@@H]1C[C@H](CC(=O)[O-])[C@H](n2c(=O)sc3cnc(N)nc32)O1. The molecule has 3 heterocycles. The molecule has 4 atom stereocenters. The maximum Gasteiger partial charge on any atom is 0.311 e. The molecule has 150 valence electrons. The van der Waals surface area contributed by atoms with E-state index >= 15 is 0 Å². The largest absolute Gasteiger partial charge is 0.550 e. The summed E-state index contributed by atoms with van der Waals surface area (Å²) >= 11 is 0.933. The average molecular weight is 407 g/mol. The Balaban J connectivity index is 1.71. The van der Waals surface area contributed by atoms with Gasteiger partial charge in [0.1, 0.15) is 12.3 Å². The molecule has 2 aliphatic rings. The lowest BCUT2D eigenvalue weighted by molar-refractivity contribution is -0.307. The summed E-state index contributed by atoms with van der Waals surface area (Å²) in [5.74, 6) is -2.00. The zero-order chi connectivity index (χ0) is 20.0. The van der Waals surface area contributed by atoms with Gasteiger partial charge in [-0.1, -0.05) is 11.3 Å². The van der Waals surface area contributed by atoms with Crippen LogP contribution < -0.4 is 15.7 Å². The highest BCUT2D eigenvalue weighted by molar-refractivity contribution is 7.16. The van der Waals surface area contributed by atoms with Crippen LogP contribution in [0.5, 0.6) is 0 Å². The van der Waals surface area contributed by atoms with E-state index in [0.717, 1.165) is 24.2 Å². The van der Waals surface area contributed by atoms with Crippen molar-refractivity contribution in [3.63, 3.8) is 0 Å². The maximum atomic E-state index is 12.6. The smallest absolute Gasteiger partial charge is 0.311 e. The van der Waals surface area contributed by atoms with Crippen molar-refractivity contribution in [1.82, 2.24) is 14.5 Å².